The van der Waals surface area contributed by atoms with Gasteiger partial charge in [-0.3, -0.25) is 20.4 Å². The van der Waals surface area contributed by atoms with Gasteiger partial charge in [0.25, 0.3) is 5.91 Å². The number of rotatable bonds is 5. The third-order valence-electron chi connectivity index (χ3n) is 4.48. The zero-order valence-corrected chi connectivity index (χ0v) is 17.1. The Morgan fingerprint density at radius 2 is 1.72 bits per heavy atom. The van der Waals surface area contributed by atoms with E-state index in [9.17, 15) is 27.2 Å². The van der Waals surface area contributed by atoms with Crippen LogP contribution >= 0.6 is 0 Å². The summed E-state index contributed by atoms with van der Waals surface area (Å²) in [5.41, 5.74) is 4.75. The number of hydrogen-bond donors (Lipinski definition) is 2. The molecule has 2 N–H and O–H groups in total. The van der Waals surface area contributed by atoms with Gasteiger partial charge in [-0.2, -0.15) is 18.3 Å². The number of carbonyl (C=O) groups is 2. The first-order valence-electron chi connectivity index (χ1n) is 9.51. The predicted octanol–water partition coefficient (Wildman–Crippen LogP) is 3.55. The Bertz CT molecular complexity index is 1110. The largest absolute Gasteiger partial charge is 0.417 e. The molecular weight excluding hydrogens is 430 g/mol. The maximum atomic E-state index is 12.9. The summed E-state index contributed by atoms with van der Waals surface area (Å²) in [6.07, 6.45) is -2.66. The van der Waals surface area contributed by atoms with E-state index in [4.69, 9.17) is 0 Å². The van der Waals surface area contributed by atoms with Crippen LogP contribution in [0.3, 0.4) is 0 Å². The van der Waals surface area contributed by atoms with Gasteiger partial charge in [0.1, 0.15) is 5.82 Å². The summed E-state index contributed by atoms with van der Waals surface area (Å²) >= 11 is 0. The van der Waals surface area contributed by atoms with Crippen molar-refractivity contribution in [1.29, 1.82) is 0 Å². The zero-order valence-electron chi connectivity index (χ0n) is 17.1. The van der Waals surface area contributed by atoms with Gasteiger partial charge >= 0.3 is 6.18 Å². The van der Waals surface area contributed by atoms with E-state index in [2.05, 4.69) is 20.9 Å². The van der Waals surface area contributed by atoms with Crippen LogP contribution in [0, 0.1) is 5.82 Å². The molecule has 3 rings (SSSR count). The van der Waals surface area contributed by atoms with Crippen molar-refractivity contribution in [1.82, 2.24) is 25.6 Å². The summed E-state index contributed by atoms with van der Waals surface area (Å²) in [7, 11) is 0. The van der Waals surface area contributed by atoms with E-state index in [1.54, 1.807) is 13.8 Å². The minimum atomic E-state index is -4.52. The van der Waals surface area contributed by atoms with Crippen molar-refractivity contribution in [2.24, 2.45) is 0 Å². The fraction of sp³-hybridized carbons (Fsp3) is 0.238. The van der Waals surface area contributed by atoms with Gasteiger partial charge in [-0.1, -0.05) is 26.0 Å². The number of halogens is 4. The van der Waals surface area contributed by atoms with E-state index in [1.165, 1.54) is 35.1 Å². The van der Waals surface area contributed by atoms with Gasteiger partial charge in [-0.05, 0) is 35.7 Å². The first-order chi connectivity index (χ1) is 15.1. The van der Waals surface area contributed by atoms with Crippen molar-refractivity contribution in [2.75, 3.05) is 0 Å². The monoisotopic (exact) mass is 449 g/mol. The molecule has 0 fully saturated rings. The molecule has 2 heterocycles. The number of hydrogen-bond acceptors (Lipinski definition) is 4. The summed E-state index contributed by atoms with van der Waals surface area (Å²) in [5, 5.41) is 4.09. The van der Waals surface area contributed by atoms with Crippen LogP contribution in [0.5, 0.6) is 0 Å². The fourth-order valence-electron chi connectivity index (χ4n) is 2.98. The average Bonchev–Trinajstić information content (AvgIpc) is 3.19. The highest BCUT2D eigenvalue weighted by Gasteiger charge is 2.31. The normalized spacial score (nSPS) is 11.5. The number of hydrazine groups is 1. The number of alkyl halides is 3. The van der Waals surface area contributed by atoms with Gasteiger partial charge in [0.05, 0.1) is 29.4 Å². The number of nitrogens with one attached hydrogen (secondary N) is 2. The molecule has 0 aliphatic rings. The van der Waals surface area contributed by atoms with Crippen molar-refractivity contribution < 1.29 is 27.2 Å². The highest BCUT2D eigenvalue weighted by molar-refractivity contribution is 5.96. The van der Waals surface area contributed by atoms with Crippen molar-refractivity contribution in [2.45, 2.75) is 32.4 Å². The first-order valence-corrected chi connectivity index (χ1v) is 9.51. The Kier molecular flexibility index (Phi) is 6.56. The molecule has 168 valence electrons. The molecule has 0 unspecified atom stereocenters. The van der Waals surface area contributed by atoms with Gasteiger partial charge in [-0.15, -0.1) is 0 Å². The van der Waals surface area contributed by atoms with Crippen molar-refractivity contribution in [3.05, 3.63) is 77.0 Å². The van der Waals surface area contributed by atoms with Crippen LogP contribution in [0.15, 0.2) is 48.8 Å². The number of amides is 2. The molecule has 2 aromatic heterocycles. The summed E-state index contributed by atoms with van der Waals surface area (Å²) in [4.78, 5) is 28.5. The summed E-state index contributed by atoms with van der Waals surface area (Å²) < 4.78 is 52.6. The lowest BCUT2D eigenvalue weighted by atomic mass is 10.1. The number of nitrogens with zero attached hydrogens (tertiary/aromatic N) is 3. The molecule has 11 heteroatoms. The second-order valence-corrected chi connectivity index (χ2v) is 7.22. The van der Waals surface area contributed by atoms with Gasteiger partial charge in [0.2, 0.25) is 5.91 Å². The minimum Gasteiger partial charge on any atom is -0.273 e. The number of benzene rings is 1. The van der Waals surface area contributed by atoms with E-state index in [0.29, 0.717) is 17.5 Å². The molecule has 32 heavy (non-hydrogen) atoms. The molecule has 3 aromatic rings. The van der Waals surface area contributed by atoms with Gasteiger partial charge in [-0.25, -0.2) is 14.1 Å². The maximum Gasteiger partial charge on any atom is 0.417 e. The van der Waals surface area contributed by atoms with E-state index >= 15 is 0 Å². The van der Waals surface area contributed by atoms with Crippen LogP contribution < -0.4 is 10.9 Å². The third kappa shape index (κ3) is 5.29. The molecule has 0 saturated heterocycles. The second-order valence-electron chi connectivity index (χ2n) is 7.22. The molecule has 0 aliphatic heterocycles. The van der Waals surface area contributed by atoms with Crippen LogP contribution in [0.4, 0.5) is 17.6 Å². The third-order valence-corrected chi connectivity index (χ3v) is 4.48. The Morgan fingerprint density at radius 3 is 2.28 bits per heavy atom. The first kappa shape index (κ1) is 22.9. The molecule has 0 spiro atoms. The summed E-state index contributed by atoms with van der Waals surface area (Å²) in [6, 6.07) is 7.39. The van der Waals surface area contributed by atoms with Crippen LogP contribution in [0.25, 0.3) is 5.82 Å². The molecule has 0 radical (unpaired) electrons. The number of pyridine rings is 1. The number of carbonyl (C=O) groups excluding carboxylic acids is 2. The number of aromatic nitrogens is 3. The zero-order chi connectivity index (χ0) is 23.5. The second kappa shape index (κ2) is 9.16. The van der Waals surface area contributed by atoms with Crippen molar-refractivity contribution in [3.63, 3.8) is 0 Å². The molecule has 7 nitrogen and oxygen atoms in total. The lowest BCUT2D eigenvalue weighted by Crippen LogP contribution is -2.42. The van der Waals surface area contributed by atoms with Crippen LogP contribution in [-0.2, 0) is 17.4 Å². The average molecular weight is 449 g/mol. The lowest BCUT2D eigenvalue weighted by molar-refractivity contribution is -0.137. The molecule has 2 amide bonds. The standard InChI is InChI=1S/C21H19F4N5O2/c1-12(2)19-16(11-27-30(19)17-8-5-14(10-26-17)21(23,24)25)20(32)29-28-18(31)9-13-3-6-15(22)7-4-13/h3-8,10-12H,9H2,1-2H3,(H,28,31)(H,29,32). The minimum absolute atomic E-state index is 0.0770. The Hall–Kier alpha value is -3.76. The molecule has 1 aromatic carbocycles. The smallest absolute Gasteiger partial charge is 0.273 e. The van der Waals surface area contributed by atoms with Crippen LogP contribution in [0.1, 0.15) is 46.9 Å². The fourth-order valence-corrected chi connectivity index (χ4v) is 2.98. The Labute approximate surface area is 180 Å². The van der Waals surface area contributed by atoms with Crippen LogP contribution in [0.2, 0.25) is 0 Å². The Morgan fingerprint density at radius 1 is 1.03 bits per heavy atom. The highest BCUT2D eigenvalue weighted by atomic mass is 19.4. The van der Waals surface area contributed by atoms with E-state index in [0.717, 1.165) is 12.1 Å². The van der Waals surface area contributed by atoms with Crippen molar-refractivity contribution >= 4 is 11.8 Å². The summed E-state index contributed by atoms with van der Waals surface area (Å²) in [5.74, 6) is -1.73. The van der Waals surface area contributed by atoms with E-state index in [1.807, 2.05) is 0 Å². The van der Waals surface area contributed by atoms with Crippen LogP contribution in [-0.4, -0.2) is 26.6 Å². The van der Waals surface area contributed by atoms with E-state index < -0.39 is 29.4 Å². The predicted molar refractivity (Wildman–Crippen MR) is 106 cm³/mol. The topological polar surface area (TPSA) is 88.9 Å². The quantitative estimate of drug-likeness (QED) is 0.461. The molecule has 0 atom stereocenters. The van der Waals surface area contributed by atoms with Gasteiger partial charge < -0.3 is 0 Å². The SMILES string of the molecule is CC(C)c1c(C(=O)NNC(=O)Cc2ccc(F)cc2)cnn1-c1ccc(C(F)(F)F)cn1. The molecular formula is C21H19F4N5O2. The Balaban J connectivity index is 1.73. The van der Waals surface area contributed by atoms with E-state index in [-0.39, 0.29) is 23.7 Å². The highest BCUT2D eigenvalue weighted by Crippen LogP contribution is 2.29. The molecule has 0 aliphatic carbocycles. The lowest BCUT2D eigenvalue weighted by Gasteiger charge is -2.13. The maximum absolute atomic E-state index is 12.9. The molecule has 0 saturated carbocycles. The molecule has 0 bridgehead atoms. The van der Waals surface area contributed by atoms with Crippen molar-refractivity contribution in [3.8, 4) is 5.82 Å². The van der Waals surface area contributed by atoms with Gasteiger partial charge in [0, 0.05) is 6.20 Å². The summed E-state index contributed by atoms with van der Waals surface area (Å²) in [6.45, 7) is 3.56. The van der Waals surface area contributed by atoms with Gasteiger partial charge in [0.15, 0.2) is 5.82 Å².